The number of aliphatic imine (C=N–C) groups is 1. The maximum atomic E-state index is 11.8. The van der Waals surface area contributed by atoms with Crippen LogP contribution in [0.4, 0.5) is 0 Å². The van der Waals surface area contributed by atoms with Crippen LogP contribution in [0.25, 0.3) is 0 Å². The smallest absolute Gasteiger partial charge is 0.223 e. The van der Waals surface area contributed by atoms with Gasteiger partial charge in [0.05, 0.1) is 0 Å². The van der Waals surface area contributed by atoms with Crippen LogP contribution >= 0.6 is 0 Å². The Bertz CT molecular complexity index is 588. The molecule has 2 rings (SSSR count). The van der Waals surface area contributed by atoms with Crippen molar-refractivity contribution in [2.45, 2.75) is 52.9 Å². The first-order chi connectivity index (χ1) is 12.6. The van der Waals surface area contributed by atoms with Crippen LogP contribution in [0.3, 0.4) is 0 Å². The SMILES string of the molecule is CCNC(=NCCCNC(=O)C1CCC1)NCCc1cc(C)cc(C)c1. The molecule has 0 radical (unpaired) electrons. The number of amides is 1. The highest BCUT2D eigenvalue weighted by atomic mass is 16.1. The van der Waals surface area contributed by atoms with Gasteiger partial charge in [-0.15, -0.1) is 0 Å². The zero-order valence-corrected chi connectivity index (χ0v) is 16.5. The van der Waals surface area contributed by atoms with Gasteiger partial charge in [0, 0.05) is 32.1 Å². The number of rotatable bonds is 9. The predicted molar refractivity (Wildman–Crippen MR) is 109 cm³/mol. The van der Waals surface area contributed by atoms with E-state index in [-0.39, 0.29) is 11.8 Å². The lowest BCUT2D eigenvalue weighted by molar-refractivity contribution is -0.127. The van der Waals surface area contributed by atoms with Crippen LogP contribution in [0.2, 0.25) is 0 Å². The quantitative estimate of drug-likeness (QED) is 0.361. The van der Waals surface area contributed by atoms with Gasteiger partial charge in [-0.25, -0.2) is 0 Å². The fourth-order valence-corrected chi connectivity index (χ4v) is 3.18. The van der Waals surface area contributed by atoms with Crippen LogP contribution in [0.1, 0.15) is 49.3 Å². The van der Waals surface area contributed by atoms with E-state index in [4.69, 9.17) is 0 Å². The monoisotopic (exact) mass is 358 g/mol. The average Bonchev–Trinajstić information content (AvgIpc) is 2.52. The molecule has 5 heteroatoms. The lowest BCUT2D eigenvalue weighted by Crippen LogP contribution is -2.38. The minimum atomic E-state index is 0.221. The Hall–Kier alpha value is -2.04. The van der Waals surface area contributed by atoms with E-state index >= 15 is 0 Å². The zero-order valence-electron chi connectivity index (χ0n) is 16.5. The zero-order chi connectivity index (χ0) is 18.8. The molecule has 1 aliphatic carbocycles. The molecule has 1 aromatic rings. The van der Waals surface area contributed by atoms with Crippen LogP contribution < -0.4 is 16.0 Å². The second kappa shape index (κ2) is 10.8. The fourth-order valence-electron chi connectivity index (χ4n) is 3.18. The van der Waals surface area contributed by atoms with Crippen molar-refractivity contribution < 1.29 is 4.79 Å². The van der Waals surface area contributed by atoms with Gasteiger partial charge >= 0.3 is 0 Å². The highest BCUT2D eigenvalue weighted by Gasteiger charge is 2.24. The number of hydrogen-bond acceptors (Lipinski definition) is 2. The van der Waals surface area contributed by atoms with Gasteiger partial charge in [-0.1, -0.05) is 35.7 Å². The minimum absolute atomic E-state index is 0.221. The first kappa shape index (κ1) is 20.3. The summed E-state index contributed by atoms with van der Waals surface area (Å²) >= 11 is 0. The van der Waals surface area contributed by atoms with Gasteiger partial charge < -0.3 is 16.0 Å². The maximum Gasteiger partial charge on any atom is 0.223 e. The van der Waals surface area contributed by atoms with Gasteiger partial charge in [-0.3, -0.25) is 9.79 Å². The van der Waals surface area contributed by atoms with Crippen molar-refractivity contribution in [1.29, 1.82) is 0 Å². The van der Waals surface area contributed by atoms with Crippen molar-refractivity contribution in [3.8, 4) is 0 Å². The second-order valence-electron chi connectivity index (χ2n) is 7.21. The summed E-state index contributed by atoms with van der Waals surface area (Å²) in [5, 5.41) is 9.69. The molecule has 0 bridgehead atoms. The number of nitrogens with zero attached hydrogens (tertiary/aromatic N) is 1. The van der Waals surface area contributed by atoms with E-state index in [0.717, 1.165) is 44.7 Å². The summed E-state index contributed by atoms with van der Waals surface area (Å²) in [7, 11) is 0. The number of hydrogen-bond donors (Lipinski definition) is 3. The molecule has 5 nitrogen and oxygen atoms in total. The highest BCUT2D eigenvalue weighted by molar-refractivity contribution is 5.80. The van der Waals surface area contributed by atoms with Crippen molar-refractivity contribution in [3.05, 3.63) is 34.9 Å². The molecule has 0 spiro atoms. The molecule has 1 aromatic carbocycles. The predicted octanol–water partition coefficient (Wildman–Crippen LogP) is 2.71. The molecular formula is C21H34N4O. The average molecular weight is 359 g/mol. The van der Waals surface area contributed by atoms with E-state index in [1.807, 2.05) is 0 Å². The summed E-state index contributed by atoms with van der Waals surface area (Å²) in [5.41, 5.74) is 3.97. The van der Waals surface area contributed by atoms with Crippen molar-refractivity contribution >= 4 is 11.9 Å². The molecule has 1 aliphatic rings. The number of benzene rings is 1. The topological polar surface area (TPSA) is 65.5 Å². The van der Waals surface area contributed by atoms with E-state index in [0.29, 0.717) is 13.1 Å². The molecule has 1 fully saturated rings. The van der Waals surface area contributed by atoms with E-state index in [1.165, 1.54) is 23.1 Å². The summed E-state index contributed by atoms with van der Waals surface area (Å²) in [4.78, 5) is 16.4. The summed E-state index contributed by atoms with van der Waals surface area (Å²) in [6.45, 7) is 9.46. The molecule has 1 saturated carbocycles. The molecule has 0 heterocycles. The molecule has 26 heavy (non-hydrogen) atoms. The number of carbonyl (C=O) groups is 1. The Morgan fingerprint density at radius 1 is 1.08 bits per heavy atom. The minimum Gasteiger partial charge on any atom is -0.357 e. The molecule has 0 unspecified atom stereocenters. The largest absolute Gasteiger partial charge is 0.357 e. The molecule has 144 valence electrons. The molecule has 0 aromatic heterocycles. The number of nitrogens with one attached hydrogen (secondary N) is 3. The number of carbonyl (C=O) groups excluding carboxylic acids is 1. The third kappa shape index (κ3) is 7.06. The first-order valence-corrected chi connectivity index (χ1v) is 9.95. The van der Waals surface area contributed by atoms with Crippen LogP contribution in [0.5, 0.6) is 0 Å². The molecule has 3 N–H and O–H groups in total. The Labute approximate surface area is 158 Å². The third-order valence-corrected chi connectivity index (χ3v) is 4.71. The fraction of sp³-hybridized carbons (Fsp3) is 0.619. The van der Waals surface area contributed by atoms with Crippen LogP contribution in [-0.2, 0) is 11.2 Å². The molecular weight excluding hydrogens is 324 g/mol. The number of aryl methyl sites for hydroxylation is 2. The Morgan fingerprint density at radius 3 is 2.42 bits per heavy atom. The standard InChI is InChI=1S/C21H34N4O/c1-4-22-21(24-11-6-10-23-20(26)19-7-5-8-19)25-12-9-18-14-16(2)13-17(3)15-18/h13-15,19H,4-12H2,1-3H3,(H,23,26)(H2,22,24,25). The van der Waals surface area contributed by atoms with Gasteiger partial charge in [-0.05, 0) is 52.0 Å². The number of guanidine groups is 1. The molecule has 0 atom stereocenters. The van der Waals surface area contributed by atoms with E-state index in [1.54, 1.807) is 0 Å². The normalized spacial score (nSPS) is 14.7. The van der Waals surface area contributed by atoms with Gasteiger partial charge in [0.2, 0.25) is 5.91 Å². The third-order valence-electron chi connectivity index (χ3n) is 4.71. The van der Waals surface area contributed by atoms with Crippen LogP contribution in [-0.4, -0.2) is 38.0 Å². The van der Waals surface area contributed by atoms with E-state index < -0.39 is 0 Å². The highest BCUT2D eigenvalue weighted by Crippen LogP contribution is 2.25. The molecule has 0 aliphatic heterocycles. The Morgan fingerprint density at radius 2 is 1.81 bits per heavy atom. The van der Waals surface area contributed by atoms with Crippen molar-refractivity contribution in [1.82, 2.24) is 16.0 Å². The van der Waals surface area contributed by atoms with E-state index in [9.17, 15) is 4.79 Å². The Balaban J connectivity index is 1.67. The van der Waals surface area contributed by atoms with Gasteiger partial charge in [0.15, 0.2) is 5.96 Å². The second-order valence-corrected chi connectivity index (χ2v) is 7.21. The Kier molecular flexibility index (Phi) is 8.45. The van der Waals surface area contributed by atoms with Crippen molar-refractivity contribution in [2.24, 2.45) is 10.9 Å². The molecule has 1 amide bonds. The van der Waals surface area contributed by atoms with Gasteiger partial charge in [-0.2, -0.15) is 0 Å². The summed E-state index contributed by atoms with van der Waals surface area (Å²) in [5.74, 6) is 1.34. The van der Waals surface area contributed by atoms with Crippen LogP contribution in [0, 0.1) is 19.8 Å². The maximum absolute atomic E-state index is 11.8. The first-order valence-electron chi connectivity index (χ1n) is 9.95. The lowest BCUT2D eigenvalue weighted by atomic mass is 9.85. The van der Waals surface area contributed by atoms with Gasteiger partial charge in [0.1, 0.15) is 0 Å². The summed E-state index contributed by atoms with van der Waals surface area (Å²) < 4.78 is 0. The van der Waals surface area contributed by atoms with Crippen molar-refractivity contribution in [3.63, 3.8) is 0 Å². The molecule has 0 saturated heterocycles. The van der Waals surface area contributed by atoms with Gasteiger partial charge in [0.25, 0.3) is 0 Å². The van der Waals surface area contributed by atoms with E-state index in [2.05, 4.69) is 59.9 Å². The lowest BCUT2D eigenvalue weighted by Gasteiger charge is -2.23. The van der Waals surface area contributed by atoms with Crippen molar-refractivity contribution in [2.75, 3.05) is 26.2 Å². The van der Waals surface area contributed by atoms with Crippen LogP contribution in [0.15, 0.2) is 23.2 Å². The summed E-state index contributed by atoms with van der Waals surface area (Å²) in [6, 6.07) is 6.68. The summed E-state index contributed by atoms with van der Waals surface area (Å²) in [6.07, 6.45) is 5.15.